The normalized spacial score (nSPS) is 11.4. The summed E-state index contributed by atoms with van der Waals surface area (Å²) in [7, 11) is 0. The quantitative estimate of drug-likeness (QED) is 0.628. The highest BCUT2D eigenvalue weighted by Crippen LogP contribution is 2.33. The lowest BCUT2D eigenvalue weighted by Crippen LogP contribution is -2.18. The molecule has 152 valence electrons. The lowest BCUT2D eigenvalue weighted by atomic mass is 9.92. The van der Waals surface area contributed by atoms with E-state index in [2.05, 4.69) is 38.0 Å². The average molecular weight is 385 g/mol. The molecule has 0 aliphatic rings. The van der Waals surface area contributed by atoms with Crippen LogP contribution in [0.4, 0.5) is 5.69 Å². The predicted molar refractivity (Wildman–Crippen MR) is 113 cm³/mol. The van der Waals surface area contributed by atoms with E-state index >= 15 is 0 Å². The van der Waals surface area contributed by atoms with Crippen LogP contribution in [0.5, 0.6) is 0 Å². The zero-order valence-corrected chi connectivity index (χ0v) is 18.2. The Morgan fingerprint density at radius 3 is 1.96 bits per heavy atom. The van der Waals surface area contributed by atoms with Crippen molar-refractivity contribution >= 4 is 17.6 Å². The molecule has 0 radical (unpaired) electrons. The van der Waals surface area contributed by atoms with Crippen molar-refractivity contribution in [2.45, 2.75) is 73.3 Å². The molecule has 1 aromatic heterocycles. The molecule has 1 amide bonds. The highest BCUT2D eigenvalue weighted by molar-refractivity contribution is 6.07. The molecule has 0 unspecified atom stereocenters. The van der Waals surface area contributed by atoms with Crippen molar-refractivity contribution in [1.29, 1.82) is 0 Å². The standard InChI is InChI=1S/C23H32N2O3/c1-12(2)17-10-9-11-18(13(3)4)21(17)25-22(26)20-15(7)19(16(8)24-20)23(27)28-14(5)6/h9-14,24H,1-8H3,(H,25,26). The van der Waals surface area contributed by atoms with Crippen LogP contribution in [-0.4, -0.2) is 23.0 Å². The monoisotopic (exact) mass is 384 g/mol. The summed E-state index contributed by atoms with van der Waals surface area (Å²) in [4.78, 5) is 28.6. The van der Waals surface area contributed by atoms with Crippen LogP contribution in [0.25, 0.3) is 0 Å². The molecule has 1 aromatic carbocycles. The summed E-state index contributed by atoms with van der Waals surface area (Å²) in [6.07, 6.45) is -0.218. The molecule has 0 saturated heterocycles. The topological polar surface area (TPSA) is 71.2 Å². The smallest absolute Gasteiger partial charge is 0.340 e. The molecule has 28 heavy (non-hydrogen) atoms. The summed E-state index contributed by atoms with van der Waals surface area (Å²) in [5, 5.41) is 3.10. The van der Waals surface area contributed by atoms with Crippen LogP contribution in [0.15, 0.2) is 18.2 Å². The van der Waals surface area contributed by atoms with Gasteiger partial charge in [-0.3, -0.25) is 4.79 Å². The second-order valence-corrected chi connectivity index (χ2v) is 8.15. The summed E-state index contributed by atoms with van der Waals surface area (Å²) >= 11 is 0. The third-order valence-electron chi connectivity index (χ3n) is 4.82. The van der Waals surface area contributed by atoms with Gasteiger partial charge in [0.15, 0.2) is 0 Å². The van der Waals surface area contributed by atoms with Crippen LogP contribution in [0.3, 0.4) is 0 Å². The maximum Gasteiger partial charge on any atom is 0.340 e. The summed E-state index contributed by atoms with van der Waals surface area (Å²) in [5.41, 5.74) is 5.11. The fraction of sp³-hybridized carbons (Fsp3) is 0.478. The maximum absolute atomic E-state index is 13.1. The SMILES string of the molecule is Cc1[nH]c(C(=O)Nc2c(C(C)C)cccc2C(C)C)c(C)c1C(=O)OC(C)C. The molecule has 0 aliphatic carbocycles. The molecule has 0 saturated carbocycles. The first kappa shape index (κ1) is 21.7. The molecular formula is C23H32N2O3. The Balaban J connectivity index is 2.43. The van der Waals surface area contributed by atoms with Gasteiger partial charge in [0.1, 0.15) is 5.69 Å². The number of benzene rings is 1. The van der Waals surface area contributed by atoms with Gasteiger partial charge in [-0.25, -0.2) is 4.79 Å². The van der Waals surface area contributed by atoms with Crippen molar-refractivity contribution in [1.82, 2.24) is 4.98 Å². The first-order chi connectivity index (χ1) is 13.0. The molecular weight excluding hydrogens is 352 g/mol. The third-order valence-corrected chi connectivity index (χ3v) is 4.82. The Kier molecular flexibility index (Phi) is 6.70. The van der Waals surface area contributed by atoms with Gasteiger partial charge >= 0.3 is 5.97 Å². The van der Waals surface area contributed by atoms with Gasteiger partial charge in [-0.1, -0.05) is 45.9 Å². The zero-order valence-electron chi connectivity index (χ0n) is 18.2. The predicted octanol–water partition coefficient (Wildman–Crippen LogP) is 5.70. The van der Waals surface area contributed by atoms with Gasteiger partial charge in [-0.05, 0) is 56.2 Å². The van der Waals surface area contributed by atoms with Crippen LogP contribution < -0.4 is 5.32 Å². The van der Waals surface area contributed by atoms with Crippen LogP contribution >= 0.6 is 0 Å². The summed E-state index contributed by atoms with van der Waals surface area (Å²) < 4.78 is 5.32. The van der Waals surface area contributed by atoms with E-state index in [4.69, 9.17) is 4.74 Å². The number of carbonyl (C=O) groups excluding carboxylic acids is 2. The van der Waals surface area contributed by atoms with Crippen LogP contribution in [0.2, 0.25) is 0 Å². The molecule has 2 aromatic rings. The number of nitrogens with one attached hydrogen (secondary N) is 2. The van der Waals surface area contributed by atoms with E-state index in [9.17, 15) is 9.59 Å². The van der Waals surface area contributed by atoms with Crippen LogP contribution in [0.1, 0.15) is 96.6 Å². The van der Waals surface area contributed by atoms with Crippen molar-refractivity contribution < 1.29 is 14.3 Å². The summed E-state index contributed by atoms with van der Waals surface area (Å²) in [6, 6.07) is 6.12. The molecule has 0 bridgehead atoms. The molecule has 2 N–H and O–H groups in total. The number of esters is 1. The van der Waals surface area contributed by atoms with Gasteiger partial charge < -0.3 is 15.0 Å². The maximum atomic E-state index is 13.1. The molecule has 0 fully saturated rings. The van der Waals surface area contributed by atoms with Crippen molar-refractivity contribution in [3.05, 3.63) is 51.8 Å². The van der Waals surface area contributed by atoms with Gasteiger partial charge in [0.25, 0.3) is 5.91 Å². The highest BCUT2D eigenvalue weighted by atomic mass is 16.5. The number of hydrogen-bond donors (Lipinski definition) is 2. The molecule has 0 atom stereocenters. The van der Waals surface area contributed by atoms with Crippen molar-refractivity contribution in [2.75, 3.05) is 5.32 Å². The van der Waals surface area contributed by atoms with Crippen LogP contribution in [0, 0.1) is 13.8 Å². The van der Waals surface area contributed by atoms with E-state index in [0.29, 0.717) is 22.5 Å². The molecule has 5 heteroatoms. The highest BCUT2D eigenvalue weighted by Gasteiger charge is 2.25. The number of anilines is 1. The largest absolute Gasteiger partial charge is 0.459 e. The number of aromatic nitrogens is 1. The van der Waals surface area contributed by atoms with Crippen LogP contribution in [-0.2, 0) is 4.74 Å². The fourth-order valence-electron chi connectivity index (χ4n) is 3.43. The summed E-state index contributed by atoms with van der Waals surface area (Å²) in [6.45, 7) is 15.6. The number of rotatable bonds is 6. The van der Waals surface area contributed by atoms with Crippen molar-refractivity contribution in [3.63, 3.8) is 0 Å². The van der Waals surface area contributed by atoms with E-state index in [-0.39, 0.29) is 23.8 Å². The minimum Gasteiger partial charge on any atom is -0.459 e. The van der Waals surface area contributed by atoms with Crippen molar-refractivity contribution in [3.8, 4) is 0 Å². The van der Waals surface area contributed by atoms with E-state index in [1.807, 2.05) is 18.2 Å². The summed E-state index contributed by atoms with van der Waals surface area (Å²) in [5.74, 6) is -0.112. The molecule has 0 spiro atoms. The van der Waals surface area contributed by atoms with Gasteiger partial charge in [0, 0.05) is 11.4 Å². The number of carbonyl (C=O) groups is 2. The first-order valence-electron chi connectivity index (χ1n) is 9.88. The Morgan fingerprint density at radius 2 is 1.50 bits per heavy atom. The van der Waals surface area contributed by atoms with E-state index in [1.54, 1.807) is 27.7 Å². The number of H-pyrrole nitrogens is 1. The molecule has 0 aliphatic heterocycles. The van der Waals surface area contributed by atoms with Crippen molar-refractivity contribution in [2.24, 2.45) is 0 Å². The van der Waals surface area contributed by atoms with E-state index in [0.717, 1.165) is 16.8 Å². The zero-order chi connectivity index (χ0) is 21.2. The fourth-order valence-corrected chi connectivity index (χ4v) is 3.43. The molecule has 2 rings (SSSR count). The molecule has 5 nitrogen and oxygen atoms in total. The average Bonchev–Trinajstić information content (AvgIpc) is 2.88. The number of aromatic amines is 1. The second-order valence-electron chi connectivity index (χ2n) is 8.15. The molecule has 1 heterocycles. The Labute approximate surface area is 167 Å². The lowest BCUT2D eigenvalue weighted by molar-refractivity contribution is 0.0376. The number of ether oxygens (including phenoxy) is 1. The van der Waals surface area contributed by atoms with Gasteiger partial charge in [-0.15, -0.1) is 0 Å². The Bertz CT molecular complexity index is 850. The number of hydrogen-bond acceptors (Lipinski definition) is 3. The van der Waals surface area contributed by atoms with E-state index < -0.39 is 5.97 Å². The first-order valence-corrected chi connectivity index (χ1v) is 9.88. The minimum absolute atomic E-state index is 0.218. The Hall–Kier alpha value is -2.56. The minimum atomic E-state index is -0.411. The van der Waals surface area contributed by atoms with E-state index in [1.165, 1.54) is 0 Å². The van der Waals surface area contributed by atoms with Gasteiger partial charge in [0.2, 0.25) is 0 Å². The number of aryl methyl sites for hydroxylation is 1. The van der Waals surface area contributed by atoms with Gasteiger partial charge in [-0.2, -0.15) is 0 Å². The second kappa shape index (κ2) is 8.63. The Morgan fingerprint density at radius 1 is 0.964 bits per heavy atom. The number of amides is 1. The van der Waals surface area contributed by atoms with Gasteiger partial charge in [0.05, 0.1) is 11.7 Å². The third kappa shape index (κ3) is 4.46. The lowest BCUT2D eigenvalue weighted by Gasteiger charge is -2.20. The number of para-hydroxylation sites is 1.